The fourth-order valence-electron chi connectivity index (χ4n) is 1.84. The van der Waals surface area contributed by atoms with Gasteiger partial charge in [0.15, 0.2) is 0 Å². The monoisotopic (exact) mass is 294 g/mol. The number of rotatable bonds is 4. The molecule has 8 nitrogen and oxygen atoms in total. The van der Waals surface area contributed by atoms with E-state index in [4.69, 9.17) is 10.5 Å². The van der Waals surface area contributed by atoms with Gasteiger partial charge < -0.3 is 10.4 Å². The van der Waals surface area contributed by atoms with Crippen LogP contribution in [-0.2, 0) is 0 Å². The number of hydrogen-bond donors (Lipinski definition) is 2. The van der Waals surface area contributed by atoms with E-state index >= 15 is 0 Å². The van der Waals surface area contributed by atoms with E-state index in [9.17, 15) is 9.90 Å². The van der Waals surface area contributed by atoms with Gasteiger partial charge in [-0.1, -0.05) is 0 Å². The molecule has 0 radical (unpaired) electrons. The third-order valence-electron chi connectivity index (χ3n) is 2.84. The highest BCUT2D eigenvalue weighted by atomic mass is 16.4. The second kappa shape index (κ2) is 6.20. The molecule has 0 saturated heterocycles. The molecule has 2 aromatic rings. The average Bonchev–Trinajstić information content (AvgIpc) is 3.03. The summed E-state index contributed by atoms with van der Waals surface area (Å²) in [7, 11) is 0. The number of aryl methyl sites for hydroxylation is 1. The van der Waals surface area contributed by atoms with Crippen molar-refractivity contribution < 1.29 is 9.90 Å². The van der Waals surface area contributed by atoms with Gasteiger partial charge in [0.2, 0.25) is 0 Å². The van der Waals surface area contributed by atoms with Crippen LogP contribution in [0.1, 0.15) is 15.9 Å². The molecule has 0 unspecified atom stereocenters. The molecule has 0 saturated carbocycles. The zero-order chi connectivity index (χ0) is 16.1. The summed E-state index contributed by atoms with van der Waals surface area (Å²) < 4.78 is 1.44. The van der Waals surface area contributed by atoms with Crippen molar-refractivity contribution in [3.8, 4) is 17.8 Å². The number of carboxylic acids is 1. The fraction of sp³-hybridized carbons (Fsp3) is 0.0714. The molecule has 0 bridgehead atoms. The Balaban J connectivity index is 2.51. The SMILES string of the molecule is Cc1cc(-n2cncn2)cc(C(=O)O)c1NC=C(C#N)C#N. The van der Waals surface area contributed by atoms with Gasteiger partial charge in [0.1, 0.15) is 30.4 Å². The number of carbonyl (C=O) groups is 1. The van der Waals surface area contributed by atoms with Crippen LogP contribution in [0.25, 0.3) is 5.69 Å². The van der Waals surface area contributed by atoms with Gasteiger partial charge in [-0.25, -0.2) is 14.5 Å². The molecule has 1 aromatic carbocycles. The molecule has 0 aliphatic carbocycles. The van der Waals surface area contributed by atoms with E-state index in [2.05, 4.69) is 15.4 Å². The summed E-state index contributed by atoms with van der Waals surface area (Å²) in [5.41, 5.74) is 1.31. The molecule has 0 fully saturated rings. The quantitative estimate of drug-likeness (QED) is 0.820. The van der Waals surface area contributed by atoms with E-state index < -0.39 is 5.97 Å². The van der Waals surface area contributed by atoms with E-state index in [1.807, 2.05) is 0 Å². The maximum Gasteiger partial charge on any atom is 0.337 e. The number of hydrogen-bond acceptors (Lipinski definition) is 6. The maximum absolute atomic E-state index is 11.4. The standard InChI is InChI=1S/C14H10N6O2/c1-9-2-11(20-8-17-7-19-20)3-12(14(21)22)13(9)18-6-10(4-15)5-16/h2-3,6-8,18H,1H3,(H,21,22). The van der Waals surface area contributed by atoms with Gasteiger partial charge in [0.05, 0.1) is 16.9 Å². The van der Waals surface area contributed by atoms with E-state index in [0.29, 0.717) is 16.9 Å². The van der Waals surface area contributed by atoms with Crippen LogP contribution in [0.15, 0.2) is 36.6 Å². The number of aromatic carboxylic acids is 1. The van der Waals surface area contributed by atoms with Crippen molar-refractivity contribution in [2.45, 2.75) is 6.92 Å². The normalized spacial score (nSPS) is 9.41. The topological polar surface area (TPSA) is 128 Å². The van der Waals surface area contributed by atoms with E-state index in [-0.39, 0.29) is 11.1 Å². The van der Waals surface area contributed by atoms with Crippen molar-refractivity contribution in [2.75, 3.05) is 5.32 Å². The molecule has 0 aliphatic rings. The highest BCUT2D eigenvalue weighted by Gasteiger charge is 2.15. The summed E-state index contributed by atoms with van der Waals surface area (Å²) in [5.74, 6) is -1.14. The van der Waals surface area contributed by atoms with Crippen molar-refractivity contribution in [3.63, 3.8) is 0 Å². The predicted octanol–water partition coefficient (Wildman–Crippen LogP) is 1.62. The van der Waals surface area contributed by atoms with Crippen LogP contribution >= 0.6 is 0 Å². The molecule has 2 N–H and O–H groups in total. The van der Waals surface area contributed by atoms with Crippen LogP contribution in [0.5, 0.6) is 0 Å². The van der Waals surface area contributed by atoms with Gasteiger partial charge in [-0.3, -0.25) is 0 Å². The first-order valence-corrected chi connectivity index (χ1v) is 6.06. The molecule has 22 heavy (non-hydrogen) atoms. The first kappa shape index (κ1) is 14.8. The highest BCUT2D eigenvalue weighted by molar-refractivity contribution is 5.96. The van der Waals surface area contributed by atoms with Crippen molar-refractivity contribution >= 4 is 11.7 Å². The Hall–Kier alpha value is -3.65. The molecule has 2 rings (SSSR count). The summed E-state index contributed by atoms with van der Waals surface area (Å²) in [6.45, 7) is 1.71. The number of aromatic nitrogens is 3. The Kier molecular flexibility index (Phi) is 4.16. The maximum atomic E-state index is 11.4. The lowest BCUT2D eigenvalue weighted by molar-refractivity contribution is 0.0698. The number of nitrogens with one attached hydrogen (secondary N) is 1. The lowest BCUT2D eigenvalue weighted by atomic mass is 10.1. The number of nitriles is 2. The van der Waals surface area contributed by atoms with Gasteiger partial charge in [-0.15, -0.1) is 0 Å². The molecule has 8 heteroatoms. The Morgan fingerprint density at radius 2 is 2.14 bits per heavy atom. The first-order valence-electron chi connectivity index (χ1n) is 6.06. The zero-order valence-corrected chi connectivity index (χ0v) is 11.5. The Morgan fingerprint density at radius 3 is 2.68 bits per heavy atom. The summed E-state index contributed by atoms with van der Waals surface area (Å²) in [6.07, 6.45) is 3.97. The minimum atomic E-state index is -1.14. The van der Waals surface area contributed by atoms with Crippen molar-refractivity contribution in [2.24, 2.45) is 0 Å². The molecule has 0 amide bonds. The molecule has 0 spiro atoms. The molecule has 1 aromatic heterocycles. The third-order valence-corrected chi connectivity index (χ3v) is 2.84. The number of benzene rings is 1. The first-order chi connectivity index (χ1) is 10.6. The van der Waals surface area contributed by atoms with E-state index in [0.717, 1.165) is 0 Å². The molecule has 0 aliphatic heterocycles. The minimum Gasteiger partial charge on any atom is -0.478 e. The van der Waals surface area contributed by atoms with Gasteiger partial charge in [0, 0.05) is 6.20 Å². The molecular formula is C14H10N6O2. The smallest absolute Gasteiger partial charge is 0.337 e. The van der Waals surface area contributed by atoms with E-state index in [1.54, 1.807) is 25.1 Å². The van der Waals surface area contributed by atoms with E-state index in [1.165, 1.54) is 29.6 Å². The summed E-state index contributed by atoms with van der Waals surface area (Å²) >= 11 is 0. The number of anilines is 1. The van der Waals surface area contributed by atoms with Crippen LogP contribution in [0.2, 0.25) is 0 Å². The van der Waals surface area contributed by atoms with Crippen LogP contribution < -0.4 is 5.32 Å². The lowest BCUT2D eigenvalue weighted by Gasteiger charge is -2.12. The number of carboxylic acid groups (broad SMARTS) is 1. The van der Waals surface area contributed by atoms with Crippen molar-refractivity contribution in [1.29, 1.82) is 10.5 Å². The lowest BCUT2D eigenvalue weighted by Crippen LogP contribution is -2.07. The van der Waals surface area contributed by atoms with Crippen molar-refractivity contribution in [1.82, 2.24) is 14.8 Å². The molecule has 0 atom stereocenters. The van der Waals surface area contributed by atoms with Crippen LogP contribution in [0.4, 0.5) is 5.69 Å². The zero-order valence-electron chi connectivity index (χ0n) is 11.5. The van der Waals surface area contributed by atoms with Crippen LogP contribution in [0.3, 0.4) is 0 Å². The number of nitrogens with zero attached hydrogens (tertiary/aromatic N) is 5. The number of allylic oxidation sites excluding steroid dienone is 1. The average molecular weight is 294 g/mol. The summed E-state index contributed by atoms with van der Waals surface area (Å²) in [4.78, 5) is 15.3. The minimum absolute atomic E-state index is 0.00280. The van der Waals surface area contributed by atoms with Gasteiger partial charge in [-0.05, 0) is 24.6 Å². The summed E-state index contributed by atoms with van der Waals surface area (Å²) in [5, 5.41) is 33.4. The Labute approximate surface area is 125 Å². The van der Waals surface area contributed by atoms with Crippen LogP contribution in [0, 0.1) is 29.6 Å². The predicted molar refractivity (Wildman–Crippen MR) is 76.0 cm³/mol. The molecule has 108 valence electrons. The molecular weight excluding hydrogens is 284 g/mol. The van der Waals surface area contributed by atoms with Gasteiger partial charge >= 0.3 is 5.97 Å². The second-order valence-electron chi connectivity index (χ2n) is 4.26. The van der Waals surface area contributed by atoms with Gasteiger partial charge in [-0.2, -0.15) is 15.6 Å². The largest absolute Gasteiger partial charge is 0.478 e. The van der Waals surface area contributed by atoms with Gasteiger partial charge in [0.25, 0.3) is 0 Å². The Morgan fingerprint density at radius 1 is 1.41 bits per heavy atom. The van der Waals surface area contributed by atoms with Crippen molar-refractivity contribution in [3.05, 3.63) is 47.7 Å². The second-order valence-corrected chi connectivity index (χ2v) is 4.26. The fourth-order valence-corrected chi connectivity index (χ4v) is 1.84. The van der Waals surface area contributed by atoms with Crippen LogP contribution in [-0.4, -0.2) is 25.8 Å². The summed E-state index contributed by atoms with van der Waals surface area (Å²) in [6, 6.07) is 6.53. The Bertz CT molecular complexity index is 808. The highest BCUT2D eigenvalue weighted by Crippen LogP contribution is 2.25. The third kappa shape index (κ3) is 2.92. The molecule has 1 heterocycles.